The van der Waals surface area contributed by atoms with Gasteiger partial charge in [-0.3, -0.25) is 9.59 Å². The summed E-state index contributed by atoms with van der Waals surface area (Å²) in [4.78, 5) is 28.8. The van der Waals surface area contributed by atoms with Crippen molar-refractivity contribution in [1.29, 1.82) is 0 Å². The van der Waals surface area contributed by atoms with Gasteiger partial charge >= 0.3 is 11.5 Å². The molecule has 1 aromatic heterocycles. The molecule has 1 amide bonds. The summed E-state index contributed by atoms with van der Waals surface area (Å²) in [7, 11) is 0. The van der Waals surface area contributed by atoms with Crippen LogP contribution in [0.5, 0.6) is 0 Å². The Morgan fingerprint density at radius 1 is 1.43 bits per heavy atom. The van der Waals surface area contributed by atoms with Crippen LogP contribution in [0.15, 0.2) is 23.4 Å². The van der Waals surface area contributed by atoms with Crippen LogP contribution in [0.1, 0.15) is 30.1 Å². The summed E-state index contributed by atoms with van der Waals surface area (Å²) < 4.78 is 37.7. The third-order valence-corrected chi connectivity index (χ3v) is 4.46. The molecule has 9 heteroatoms. The summed E-state index contributed by atoms with van der Waals surface area (Å²) in [5, 5.41) is 8.85. The van der Waals surface area contributed by atoms with Gasteiger partial charge in [0.15, 0.2) is 0 Å². The molecule has 1 saturated heterocycles. The largest absolute Gasteiger partial charge is 0.481 e. The highest BCUT2D eigenvalue weighted by atomic mass is 32.2. The number of carboxylic acids is 1. The first-order chi connectivity index (χ1) is 10.6. The van der Waals surface area contributed by atoms with E-state index in [1.54, 1.807) is 0 Å². The number of nitrogens with zero attached hydrogens (tertiary/aromatic N) is 2. The Hall–Kier alpha value is -1.77. The van der Waals surface area contributed by atoms with Gasteiger partial charge in [0, 0.05) is 31.0 Å². The van der Waals surface area contributed by atoms with Crippen LogP contribution in [0.25, 0.3) is 0 Å². The molecule has 1 aromatic rings. The van der Waals surface area contributed by atoms with Gasteiger partial charge in [0.1, 0.15) is 5.03 Å². The minimum absolute atomic E-state index is 0.0355. The van der Waals surface area contributed by atoms with Gasteiger partial charge in [-0.05, 0) is 31.9 Å². The van der Waals surface area contributed by atoms with Crippen LogP contribution >= 0.6 is 11.8 Å². The molecule has 1 unspecified atom stereocenters. The van der Waals surface area contributed by atoms with E-state index in [4.69, 9.17) is 0 Å². The van der Waals surface area contributed by atoms with Crippen molar-refractivity contribution in [2.45, 2.75) is 30.3 Å². The van der Waals surface area contributed by atoms with E-state index in [0.29, 0.717) is 19.4 Å². The van der Waals surface area contributed by atoms with Crippen molar-refractivity contribution in [2.75, 3.05) is 13.1 Å². The molecule has 1 fully saturated rings. The first kappa shape index (κ1) is 17.6. The van der Waals surface area contributed by atoms with Crippen LogP contribution in [0, 0.1) is 5.41 Å². The Morgan fingerprint density at radius 3 is 2.74 bits per heavy atom. The number of thioether (sulfide) groups is 1. The van der Waals surface area contributed by atoms with Gasteiger partial charge < -0.3 is 10.0 Å². The van der Waals surface area contributed by atoms with Gasteiger partial charge in [0.2, 0.25) is 0 Å². The third-order valence-electron chi connectivity index (χ3n) is 3.71. The highest BCUT2D eigenvalue weighted by Gasteiger charge is 2.40. The molecule has 0 spiro atoms. The van der Waals surface area contributed by atoms with E-state index in [1.807, 2.05) is 0 Å². The fourth-order valence-corrected chi connectivity index (χ4v) is 3.10. The monoisotopic (exact) mass is 348 g/mol. The van der Waals surface area contributed by atoms with Crippen molar-refractivity contribution in [3.05, 3.63) is 23.9 Å². The van der Waals surface area contributed by atoms with Gasteiger partial charge in [0.25, 0.3) is 5.91 Å². The lowest BCUT2D eigenvalue weighted by Gasteiger charge is -2.37. The topological polar surface area (TPSA) is 70.5 Å². The molecule has 1 aliphatic heterocycles. The lowest BCUT2D eigenvalue weighted by Crippen LogP contribution is -2.48. The summed E-state index contributed by atoms with van der Waals surface area (Å²) in [6.07, 6.45) is 2.09. The number of hydrogen-bond acceptors (Lipinski definition) is 4. The van der Waals surface area contributed by atoms with Crippen molar-refractivity contribution in [3.8, 4) is 0 Å². The summed E-state index contributed by atoms with van der Waals surface area (Å²) >= 11 is -0.449. The maximum absolute atomic E-state index is 12.6. The first-order valence-corrected chi connectivity index (χ1v) is 7.67. The van der Waals surface area contributed by atoms with Gasteiger partial charge in [-0.1, -0.05) is 0 Å². The number of carboxylic acid groups (broad SMARTS) is 1. The SMILES string of the molecule is CC1(C(=O)O)CCCN(C(=O)c2cccnc2SC(F)(F)F)C1. The van der Waals surface area contributed by atoms with Gasteiger partial charge in [-0.2, -0.15) is 13.2 Å². The molecule has 5 nitrogen and oxygen atoms in total. The first-order valence-electron chi connectivity index (χ1n) is 6.86. The Kier molecular flexibility index (Phi) is 4.88. The van der Waals surface area contributed by atoms with E-state index < -0.39 is 39.6 Å². The van der Waals surface area contributed by atoms with Crippen molar-refractivity contribution in [1.82, 2.24) is 9.88 Å². The van der Waals surface area contributed by atoms with E-state index in [0.717, 1.165) is 0 Å². The number of alkyl halides is 3. The predicted molar refractivity (Wildman–Crippen MR) is 77.0 cm³/mol. The van der Waals surface area contributed by atoms with Gasteiger partial charge in [-0.25, -0.2) is 4.98 Å². The molecule has 126 valence electrons. The van der Waals surface area contributed by atoms with Gasteiger partial charge in [0.05, 0.1) is 11.0 Å². The molecular formula is C14H15F3N2O3S. The van der Waals surface area contributed by atoms with E-state index in [2.05, 4.69) is 4.98 Å². The quantitative estimate of drug-likeness (QED) is 0.851. The lowest BCUT2D eigenvalue weighted by molar-refractivity contribution is -0.150. The number of hydrogen-bond donors (Lipinski definition) is 1. The Bertz CT molecular complexity index is 624. The van der Waals surface area contributed by atoms with E-state index >= 15 is 0 Å². The van der Waals surface area contributed by atoms with Crippen LogP contribution in [-0.4, -0.2) is 45.5 Å². The second-order valence-corrected chi connectivity index (χ2v) is 6.65. The Balaban J connectivity index is 2.25. The molecule has 23 heavy (non-hydrogen) atoms. The fourth-order valence-electron chi connectivity index (χ4n) is 2.50. The molecular weight excluding hydrogens is 333 g/mol. The average molecular weight is 348 g/mol. The number of rotatable bonds is 3. The molecule has 0 aliphatic carbocycles. The van der Waals surface area contributed by atoms with Crippen molar-refractivity contribution in [3.63, 3.8) is 0 Å². The zero-order valence-corrected chi connectivity index (χ0v) is 13.1. The maximum atomic E-state index is 12.6. The Morgan fingerprint density at radius 2 is 2.13 bits per heavy atom. The number of carbonyl (C=O) groups is 2. The second kappa shape index (κ2) is 6.38. The van der Waals surface area contributed by atoms with Gasteiger partial charge in [-0.15, -0.1) is 0 Å². The molecule has 1 aliphatic rings. The number of piperidine rings is 1. The summed E-state index contributed by atoms with van der Waals surface area (Å²) in [6, 6.07) is 2.66. The molecule has 2 heterocycles. The minimum atomic E-state index is -4.55. The molecule has 0 radical (unpaired) electrons. The number of likely N-dealkylation sites (tertiary alicyclic amines) is 1. The number of amides is 1. The van der Waals surface area contributed by atoms with Crippen LogP contribution in [-0.2, 0) is 4.79 Å². The number of carbonyl (C=O) groups excluding carboxylic acids is 1. The minimum Gasteiger partial charge on any atom is -0.481 e. The highest BCUT2D eigenvalue weighted by Crippen LogP contribution is 2.38. The maximum Gasteiger partial charge on any atom is 0.447 e. The normalized spacial score (nSPS) is 22.0. The van der Waals surface area contributed by atoms with Crippen LogP contribution in [0.2, 0.25) is 0 Å². The molecule has 0 aromatic carbocycles. The standard InChI is InChI=1S/C14H15F3N2O3S/c1-13(12(21)22)5-3-7-19(8-13)11(20)9-4-2-6-18-10(9)23-14(15,16)17/h2,4,6H,3,5,7-8H2,1H3,(H,21,22). The summed E-state index contributed by atoms with van der Waals surface area (Å²) in [6.45, 7) is 1.81. The number of aromatic nitrogens is 1. The predicted octanol–water partition coefficient (Wildman–Crippen LogP) is 3.02. The Labute approximate surface area is 134 Å². The van der Waals surface area contributed by atoms with Crippen LogP contribution < -0.4 is 0 Å². The summed E-state index contributed by atoms with van der Waals surface area (Å²) in [5.41, 5.74) is -5.81. The molecule has 1 atom stereocenters. The number of pyridine rings is 1. The zero-order valence-electron chi connectivity index (χ0n) is 12.3. The average Bonchev–Trinajstić information content (AvgIpc) is 2.45. The fraction of sp³-hybridized carbons (Fsp3) is 0.500. The second-order valence-electron chi connectivity index (χ2n) is 5.60. The van der Waals surface area contributed by atoms with E-state index in [1.165, 1.54) is 30.2 Å². The zero-order chi connectivity index (χ0) is 17.3. The molecule has 1 N–H and O–H groups in total. The smallest absolute Gasteiger partial charge is 0.447 e. The lowest BCUT2D eigenvalue weighted by atomic mass is 9.82. The van der Waals surface area contributed by atoms with Crippen molar-refractivity contribution < 1.29 is 27.9 Å². The third kappa shape index (κ3) is 4.15. The molecule has 0 saturated carbocycles. The molecule has 0 bridgehead atoms. The van der Waals surface area contributed by atoms with Crippen molar-refractivity contribution in [2.24, 2.45) is 5.41 Å². The molecule has 2 rings (SSSR count). The van der Waals surface area contributed by atoms with Crippen molar-refractivity contribution >= 4 is 23.6 Å². The highest BCUT2D eigenvalue weighted by molar-refractivity contribution is 8.00. The van der Waals surface area contributed by atoms with E-state index in [-0.39, 0.29) is 12.1 Å². The van der Waals surface area contributed by atoms with Crippen LogP contribution in [0.4, 0.5) is 13.2 Å². The van der Waals surface area contributed by atoms with Crippen LogP contribution in [0.3, 0.4) is 0 Å². The van der Waals surface area contributed by atoms with E-state index in [9.17, 15) is 27.9 Å². The number of aliphatic carboxylic acids is 1. The summed E-state index contributed by atoms with van der Waals surface area (Å²) in [5.74, 6) is -1.65. The number of halogens is 3.